The van der Waals surface area contributed by atoms with Crippen LogP contribution in [0, 0.1) is 0 Å². The summed E-state index contributed by atoms with van der Waals surface area (Å²) in [6.45, 7) is 2.20. The lowest BCUT2D eigenvalue weighted by atomic mass is 10.1. The van der Waals surface area contributed by atoms with E-state index in [9.17, 15) is 14.4 Å². The number of ether oxygens (including phenoxy) is 1. The smallest absolute Gasteiger partial charge is 0.332 e. The van der Waals surface area contributed by atoms with Gasteiger partial charge in [-0.2, -0.15) is 0 Å². The van der Waals surface area contributed by atoms with Crippen LogP contribution in [0.3, 0.4) is 0 Å². The molecule has 0 amide bonds. The van der Waals surface area contributed by atoms with Crippen LogP contribution >= 0.6 is 11.6 Å². The molecule has 0 fully saturated rings. The zero-order chi connectivity index (χ0) is 20.3. The Bertz CT molecular complexity index is 1140. The van der Waals surface area contributed by atoms with E-state index in [4.69, 9.17) is 16.3 Å². The van der Waals surface area contributed by atoms with Gasteiger partial charge in [0.1, 0.15) is 5.69 Å². The second kappa shape index (κ2) is 8.35. The summed E-state index contributed by atoms with van der Waals surface area (Å²) in [6.07, 6.45) is 0.500. The van der Waals surface area contributed by atoms with Gasteiger partial charge in [0, 0.05) is 25.6 Å². The second-order valence-electron chi connectivity index (χ2n) is 6.11. The molecule has 0 radical (unpaired) electrons. The third-order valence-electron chi connectivity index (χ3n) is 4.23. The van der Waals surface area contributed by atoms with Crippen molar-refractivity contribution in [3.05, 3.63) is 56.3 Å². The SMILES string of the molecule is CCOC(=O)CCCn1c(=O)n(C)c(=O)c2nc(-c3ccccc3)c(Cl)nc21. The van der Waals surface area contributed by atoms with E-state index in [2.05, 4.69) is 9.97 Å². The minimum Gasteiger partial charge on any atom is -0.466 e. The standard InChI is InChI=1S/C19H19ClN4O4/c1-3-28-13(25)10-7-11-24-17-15(18(26)23(2)19(24)27)21-14(16(20)22-17)12-8-5-4-6-9-12/h4-6,8-9H,3,7,10-11H2,1-2H3. The van der Waals surface area contributed by atoms with Gasteiger partial charge in [0.2, 0.25) is 0 Å². The number of esters is 1. The number of fused-ring (bicyclic) bond motifs is 1. The van der Waals surface area contributed by atoms with Crippen molar-refractivity contribution in [1.82, 2.24) is 19.1 Å². The predicted octanol–water partition coefficient (Wildman–Crippen LogP) is 2.15. The van der Waals surface area contributed by atoms with Gasteiger partial charge in [0.05, 0.1) is 6.61 Å². The third-order valence-corrected chi connectivity index (χ3v) is 4.49. The van der Waals surface area contributed by atoms with Crippen molar-refractivity contribution in [2.75, 3.05) is 6.61 Å². The minimum atomic E-state index is -0.553. The van der Waals surface area contributed by atoms with Gasteiger partial charge in [-0.15, -0.1) is 0 Å². The lowest BCUT2D eigenvalue weighted by Gasteiger charge is -2.12. The summed E-state index contributed by atoms with van der Waals surface area (Å²) in [4.78, 5) is 45.4. The van der Waals surface area contributed by atoms with E-state index in [0.717, 1.165) is 4.57 Å². The maximum absolute atomic E-state index is 12.6. The number of carbonyl (C=O) groups is 1. The molecule has 0 spiro atoms. The maximum Gasteiger partial charge on any atom is 0.332 e. The van der Waals surface area contributed by atoms with Crippen LogP contribution in [-0.4, -0.2) is 31.7 Å². The molecule has 2 aromatic heterocycles. The highest BCUT2D eigenvalue weighted by Crippen LogP contribution is 2.25. The molecule has 3 aromatic rings. The molecule has 0 saturated carbocycles. The largest absolute Gasteiger partial charge is 0.466 e. The Kier molecular flexibility index (Phi) is 5.89. The van der Waals surface area contributed by atoms with Gasteiger partial charge >= 0.3 is 11.7 Å². The molecule has 8 nitrogen and oxygen atoms in total. The first-order valence-corrected chi connectivity index (χ1v) is 9.20. The van der Waals surface area contributed by atoms with Crippen LogP contribution in [-0.2, 0) is 23.1 Å². The van der Waals surface area contributed by atoms with E-state index in [-0.39, 0.29) is 35.3 Å². The Labute approximate surface area is 165 Å². The molecule has 1 aromatic carbocycles. The number of hydrogen-bond donors (Lipinski definition) is 0. The minimum absolute atomic E-state index is 0.0430. The van der Waals surface area contributed by atoms with Crippen LogP contribution in [0.5, 0.6) is 0 Å². The van der Waals surface area contributed by atoms with Crippen molar-refractivity contribution in [2.45, 2.75) is 26.3 Å². The normalized spacial score (nSPS) is 11.0. The summed E-state index contributed by atoms with van der Waals surface area (Å²) in [5.41, 5.74) is 0.123. The first kappa shape index (κ1) is 19.8. The van der Waals surface area contributed by atoms with Gasteiger partial charge in [0.25, 0.3) is 5.56 Å². The number of carbonyl (C=O) groups excluding carboxylic acids is 1. The Morgan fingerprint density at radius 2 is 1.89 bits per heavy atom. The van der Waals surface area contributed by atoms with Crippen LogP contribution in [0.2, 0.25) is 5.15 Å². The van der Waals surface area contributed by atoms with Crippen molar-refractivity contribution in [1.29, 1.82) is 0 Å². The number of halogens is 1. The quantitative estimate of drug-likeness (QED) is 0.586. The zero-order valence-electron chi connectivity index (χ0n) is 15.5. The first-order chi connectivity index (χ1) is 13.4. The van der Waals surface area contributed by atoms with Crippen LogP contribution in [0.4, 0.5) is 0 Å². The van der Waals surface area contributed by atoms with Gasteiger partial charge in [-0.1, -0.05) is 41.9 Å². The first-order valence-electron chi connectivity index (χ1n) is 8.82. The Morgan fingerprint density at radius 1 is 1.18 bits per heavy atom. The summed E-state index contributed by atoms with van der Waals surface area (Å²) >= 11 is 6.31. The number of aromatic nitrogens is 4. The number of benzene rings is 1. The van der Waals surface area contributed by atoms with Crippen LogP contribution in [0.15, 0.2) is 39.9 Å². The fraction of sp³-hybridized carbons (Fsp3) is 0.316. The molecule has 0 aliphatic heterocycles. The summed E-state index contributed by atoms with van der Waals surface area (Å²) in [5.74, 6) is -0.347. The van der Waals surface area contributed by atoms with E-state index in [1.54, 1.807) is 6.92 Å². The van der Waals surface area contributed by atoms with Crippen LogP contribution < -0.4 is 11.2 Å². The summed E-state index contributed by atoms with van der Waals surface area (Å²) < 4.78 is 7.18. The molecule has 0 atom stereocenters. The van der Waals surface area contributed by atoms with Crippen molar-refractivity contribution in [3.63, 3.8) is 0 Å². The van der Waals surface area contributed by atoms with E-state index >= 15 is 0 Å². The van der Waals surface area contributed by atoms with E-state index in [0.29, 0.717) is 24.3 Å². The number of rotatable bonds is 6. The van der Waals surface area contributed by atoms with Gasteiger partial charge in [-0.05, 0) is 13.3 Å². The molecular formula is C19H19ClN4O4. The fourth-order valence-corrected chi connectivity index (χ4v) is 3.08. The van der Waals surface area contributed by atoms with Crippen LogP contribution in [0.1, 0.15) is 19.8 Å². The predicted molar refractivity (Wildman–Crippen MR) is 105 cm³/mol. The van der Waals surface area contributed by atoms with Gasteiger partial charge < -0.3 is 4.74 Å². The van der Waals surface area contributed by atoms with E-state index in [1.807, 2.05) is 30.3 Å². The van der Waals surface area contributed by atoms with E-state index < -0.39 is 11.2 Å². The highest BCUT2D eigenvalue weighted by Gasteiger charge is 2.18. The molecule has 146 valence electrons. The molecule has 0 bridgehead atoms. The van der Waals surface area contributed by atoms with Gasteiger partial charge in [-0.25, -0.2) is 14.8 Å². The molecule has 0 saturated heterocycles. The summed E-state index contributed by atoms with van der Waals surface area (Å²) in [7, 11) is 1.38. The number of hydrogen-bond acceptors (Lipinski definition) is 6. The Morgan fingerprint density at radius 3 is 2.57 bits per heavy atom. The molecule has 2 heterocycles. The van der Waals surface area contributed by atoms with Crippen LogP contribution in [0.25, 0.3) is 22.4 Å². The van der Waals surface area contributed by atoms with Gasteiger partial charge in [-0.3, -0.25) is 18.7 Å². The third kappa shape index (κ3) is 3.82. The Balaban J connectivity index is 2.09. The molecule has 0 N–H and O–H groups in total. The van der Waals surface area contributed by atoms with Crippen molar-refractivity contribution < 1.29 is 9.53 Å². The summed E-state index contributed by atoms with van der Waals surface area (Å²) in [5, 5.41) is 0.0884. The lowest BCUT2D eigenvalue weighted by Crippen LogP contribution is -2.39. The monoisotopic (exact) mass is 402 g/mol. The second-order valence-corrected chi connectivity index (χ2v) is 6.47. The topological polar surface area (TPSA) is 96.1 Å². The average Bonchev–Trinajstić information content (AvgIpc) is 2.69. The number of aryl methyl sites for hydroxylation is 1. The molecule has 3 rings (SSSR count). The lowest BCUT2D eigenvalue weighted by molar-refractivity contribution is -0.143. The molecule has 9 heteroatoms. The summed E-state index contributed by atoms with van der Waals surface area (Å²) in [6, 6.07) is 9.12. The molecule has 0 aliphatic rings. The van der Waals surface area contributed by atoms with E-state index in [1.165, 1.54) is 11.6 Å². The molecule has 28 heavy (non-hydrogen) atoms. The molecular weight excluding hydrogens is 384 g/mol. The highest BCUT2D eigenvalue weighted by atomic mass is 35.5. The number of nitrogens with zero attached hydrogens (tertiary/aromatic N) is 4. The van der Waals surface area contributed by atoms with Crippen molar-refractivity contribution in [2.24, 2.45) is 7.05 Å². The average molecular weight is 403 g/mol. The van der Waals surface area contributed by atoms with Gasteiger partial charge in [0.15, 0.2) is 16.3 Å². The highest BCUT2D eigenvalue weighted by molar-refractivity contribution is 6.32. The zero-order valence-corrected chi connectivity index (χ0v) is 16.3. The Hall–Kier alpha value is -3.00. The molecule has 0 unspecified atom stereocenters. The van der Waals surface area contributed by atoms with Crippen molar-refractivity contribution in [3.8, 4) is 11.3 Å². The van der Waals surface area contributed by atoms with Crippen molar-refractivity contribution >= 4 is 28.7 Å². The maximum atomic E-state index is 12.6. The fourth-order valence-electron chi connectivity index (χ4n) is 2.85. The molecule has 0 aliphatic carbocycles.